The molecule has 6 heteroatoms. The SMILES string of the molecule is COc1ccc([C@@H](C)NC(=O)c2cc(N3CC4CNCC4C3)ccc2C)cc1OC. The van der Waals surface area contributed by atoms with Gasteiger partial charge < -0.3 is 25.0 Å². The Balaban J connectivity index is 1.49. The number of hydrogen-bond acceptors (Lipinski definition) is 5. The number of nitrogens with zero attached hydrogens (tertiary/aromatic N) is 1. The first-order chi connectivity index (χ1) is 14.5. The van der Waals surface area contributed by atoms with E-state index in [1.165, 1.54) is 0 Å². The molecule has 0 aromatic heterocycles. The predicted octanol–water partition coefficient (Wildman–Crippen LogP) is 3.16. The van der Waals surface area contributed by atoms with Crippen molar-refractivity contribution in [1.82, 2.24) is 10.6 Å². The van der Waals surface area contributed by atoms with E-state index >= 15 is 0 Å². The second-order valence-electron chi connectivity index (χ2n) is 8.39. The van der Waals surface area contributed by atoms with Crippen molar-refractivity contribution in [2.75, 3.05) is 45.3 Å². The molecule has 2 unspecified atom stereocenters. The van der Waals surface area contributed by atoms with Crippen LogP contribution >= 0.6 is 0 Å². The zero-order valence-corrected chi connectivity index (χ0v) is 18.2. The number of hydrogen-bond donors (Lipinski definition) is 2. The molecule has 0 radical (unpaired) electrons. The van der Waals surface area contributed by atoms with E-state index in [4.69, 9.17) is 9.47 Å². The summed E-state index contributed by atoms with van der Waals surface area (Å²) in [7, 11) is 3.23. The zero-order valence-electron chi connectivity index (χ0n) is 18.2. The van der Waals surface area contributed by atoms with E-state index in [0.29, 0.717) is 23.3 Å². The normalized spacial score (nSPS) is 21.3. The average molecular weight is 410 g/mol. The third-order valence-corrected chi connectivity index (χ3v) is 6.48. The van der Waals surface area contributed by atoms with Gasteiger partial charge in [0, 0.05) is 37.4 Å². The van der Waals surface area contributed by atoms with Crippen LogP contribution < -0.4 is 25.0 Å². The smallest absolute Gasteiger partial charge is 0.252 e. The minimum absolute atomic E-state index is 0.0577. The quantitative estimate of drug-likeness (QED) is 0.767. The highest BCUT2D eigenvalue weighted by molar-refractivity contribution is 5.96. The number of fused-ring (bicyclic) bond motifs is 1. The molecule has 3 atom stereocenters. The lowest BCUT2D eigenvalue weighted by Crippen LogP contribution is -2.28. The fourth-order valence-corrected chi connectivity index (χ4v) is 4.60. The van der Waals surface area contributed by atoms with Gasteiger partial charge in [-0.3, -0.25) is 4.79 Å². The van der Waals surface area contributed by atoms with Gasteiger partial charge in [-0.2, -0.15) is 0 Å². The third kappa shape index (κ3) is 3.97. The highest BCUT2D eigenvalue weighted by Crippen LogP contribution is 2.32. The Morgan fingerprint density at radius 1 is 1.07 bits per heavy atom. The molecular formula is C24H31N3O3. The van der Waals surface area contributed by atoms with Crippen LogP contribution in [0.2, 0.25) is 0 Å². The molecule has 2 aliphatic heterocycles. The third-order valence-electron chi connectivity index (χ3n) is 6.48. The highest BCUT2D eigenvalue weighted by atomic mass is 16.5. The van der Waals surface area contributed by atoms with Gasteiger partial charge >= 0.3 is 0 Å². The van der Waals surface area contributed by atoms with Crippen LogP contribution in [0.4, 0.5) is 5.69 Å². The van der Waals surface area contributed by atoms with E-state index in [2.05, 4.69) is 27.7 Å². The lowest BCUT2D eigenvalue weighted by Gasteiger charge is -2.22. The first-order valence-corrected chi connectivity index (χ1v) is 10.6. The van der Waals surface area contributed by atoms with Gasteiger partial charge in [-0.05, 0) is 61.1 Å². The second-order valence-corrected chi connectivity index (χ2v) is 8.39. The number of rotatable bonds is 6. The maximum Gasteiger partial charge on any atom is 0.252 e. The van der Waals surface area contributed by atoms with Gasteiger partial charge in [0.25, 0.3) is 5.91 Å². The Hall–Kier alpha value is -2.73. The standard InChI is InChI=1S/C24H31N3O3/c1-15-5-7-20(27-13-18-11-25-12-19(18)14-27)10-21(15)24(28)26-16(2)17-6-8-22(29-3)23(9-17)30-4/h5-10,16,18-19,25H,11-14H2,1-4H3,(H,26,28)/t16-,18?,19?/m1/s1. The maximum absolute atomic E-state index is 13.1. The topological polar surface area (TPSA) is 62.8 Å². The van der Waals surface area contributed by atoms with Crippen LogP contribution in [0.5, 0.6) is 11.5 Å². The fourth-order valence-electron chi connectivity index (χ4n) is 4.60. The zero-order chi connectivity index (χ0) is 21.3. The molecule has 2 fully saturated rings. The Bertz CT molecular complexity index is 918. The van der Waals surface area contributed by atoms with Crippen LogP contribution in [0, 0.1) is 18.8 Å². The van der Waals surface area contributed by atoms with Crippen molar-refractivity contribution in [3.8, 4) is 11.5 Å². The number of methoxy groups -OCH3 is 2. The minimum atomic E-state index is -0.155. The maximum atomic E-state index is 13.1. The van der Waals surface area contributed by atoms with Crippen molar-refractivity contribution in [1.29, 1.82) is 0 Å². The number of benzene rings is 2. The molecule has 2 N–H and O–H groups in total. The minimum Gasteiger partial charge on any atom is -0.493 e. The second kappa shape index (κ2) is 8.56. The lowest BCUT2D eigenvalue weighted by atomic mass is 10.0. The van der Waals surface area contributed by atoms with E-state index in [1.807, 2.05) is 38.1 Å². The number of carbonyl (C=O) groups is 1. The van der Waals surface area contributed by atoms with Gasteiger partial charge in [-0.25, -0.2) is 0 Å². The van der Waals surface area contributed by atoms with Crippen molar-refractivity contribution in [3.05, 3.63) is 53.1 Å². The van der Waals surface area contributed by atoms with E-state index in [9.17, 15) is 4.79 Å². The first-order valence-electron chi connectivity index (χ1n) is 10.6. The summed E-state index contributed by atoms with van der Waals surface area (Å²) < 4.78 is 10.7. The number of carbonyl (C=O) groups excluding carboxylic acids is 1. The van der Waals surface area contributed by atoms with E-state index < -0.39 is 0 Å². The molecule has 30 heavy (non-hydrogen) atoms. The Morgan fingerprint density at radius 3 is 2.43 bits per heavy atom. The van der Waals surface area contributed by atoms with Crippen molar-refractivity contribution < 1.29 is 14.3 Å². The largest absolute Gasteiger partial charge is 0.493 e. The molecule has 2 aromatic carbocycles. The monoisotopic (exact) mass is 409 g/mol. The average Bonchev–Trinajstić information content (AvgIpc) is 3.35. The number of anilines is 1. The molecule has 0 aliphatic carbocycles. The number of amides is 1. The van der Waals surface area contributed by atoms with Crippen LogP contribution in [0.15, 0.2) is 36.4 Å². The van der Waals surface area contributed by atoms with Crippen molar-refractivity contribution in [2.24, 2.45) is 11.8 Å². The molecular weight excluding hydrogens is 378 g/mol. The molecule has 4 rings (SSSR count). The predicted molar refractivity (Wildman–Crippen MR) is 119 cm³/mol. The summed E-state index contributed by atoms with van der Waals surface area (Å²) in [6.07, 6.45) is 0. The Morgan fingerprint density at radius 2 is 1.77 bits per heavy atom. The molecule has 2 aliphatic rings. The number of aryl methyl sites for hydroxylation is 1. The molecule has 2 saturated heterocycles. The molecule has 0 spiro atoms. The van der Waals surface area contributed by atoms with Crippen molar-refractivity contribution in [2.45, 2.75) is 19.9 Å². The summed E-state index contributed by atoms with van der Waals surface area (Å²) in [6, 6.07) is 11.8. The van der Waals surface area contributed by atoms with E-state index in [-0.39, 0.29) is 11.9 Å². The molecule has 0 saturated carbocycles. The molecule has 2 aromatic rings. The van der Waals surface area contributed by atoms with Gasteiger partial charge in [0.1, 0.15) is 0 Å². The van der Waals surface area contributed by atoms with Gasteiger partial charge in [-0.15, -0.1) is 0 Å². The molecule has 0 bridgehead atoms. The molecule has 6 nitrogen and oxygen atoms in total. The number of ether oxygens (including phenoxy) is 2. The van der Waals surface area contributed by atoms with Gasteiger partial charge in [-0.1, -0.05) is 12.1 Å². The van der Waals surface area contributed by atoms with Crippen LogP contribution in [0.25, 0.3) is 0 Å². The Labute approximate surface area is 178 Å². The summed E-state index contributed by atoms with van der Waals surface area (Å²) >= 11 is 0. The summed E-state index contributed by atoms with van der Waals surface area (Å²) in [5.74, 6) is 2.71. The lowest BCUT2D eigenvalue weighted by molar-refractivity contribution is 0.0939. The van der Waals surface area contributed by atoms with Crippen LogP contribution in [0.1, 0.15) is 34.5 Å². The molecule has 1 amide bonds. The van der Waals surface area contributed by atoms with Crippen LogP contribution in [-0.2, 0) is 0 Å². The van der Waals surface area contributed by atoms with Gasteiger partial charge in [0.05, 0.1) is 20.3 Å². The summed E-state index contributed by atoms with van der Waals surface area (Å²) in [4.78, 5) is 15.5. The number of nitrogens with one attached hydrogen (secondary N) is 2. The summed E-state index contributed by atoms with van der Waals surface area (Å²) in [5.41, 5.74) is 3.82. The fraction of sp³-hybridized carbons (Fsp3) is 0.458. The Kier molecular flexibility index (Phi) is 5.86. The highest BCUT2D eigenvalue weighted by Gasteiger charge is 2.36. The van der Waals surface area contributed by atoms with Crippen molar-refractivity contribution >= 4 is 11.6 Å². The van der Waals surface area contributed by atoms with E-state index in [0.717, 1.165) is 48.6 Å². The molecule has 160 valence electrons. The van der Waals surface area contributed by atoms with Crippen LogP contribution in [0.3, 0.4) is 0 Å². The van der Waals surface area contributed by atoms with E-state index in [1.54, 1.807) is 14.2 Å². The van der Waals surface area contributed by atoms with Crippen LogP contribution in [-0.4, -0.2) is 46.3 Å². The summed E-state index contributed by atoms with van der Waals surface area (Å²) in [6.45, 7) is 8.29. The molecule has 2 heterocycles. The van der Waals surface area contributed by atoms with Gasteiger partial charge in [0.15, 0.2) is 11.5 Å². The first kappa shape index (κ1) is 20.5. The summed E-state index contributed by atoms with van der Waals surface area (Å²) in [5, 5.41) is 6.62. The van der Waals surface area contributed by atoms with Gasteiger partial charge in [0.2, 0.25) is 0 Å². The van der Waals surface area contributed by atoms with Crippen molar-refractivity contribution in [3.63, 3.8) is 0 Å².